The molecule has 0 aliphatic heterocycles. The van der Waals surface area contributed by atoms with Crippen LogP contribution >= 0.6 is 0 Å². The van der Waals surface area contributed by atoms with Gasteiger partial charge in [-0.3, -0.25) is 19.2 Å². The molecule has 0 spiro atoms. The van der Waals surface area contributed by atoms with Crippen LogP contribution in [0.5, 0.6) is 0 Å². The third kappa shape index (κ3) is 12.0. The van der Waals surface area contributed by atoms with Gasteiger partial charge in [0.25, 0.3) is 5.91 Å². The molecule has 0 radical (unpaired) electrons. The molecule has 0 fully saturated rings. The topological polar surface area (TPSA) is 111 Å². The van der Waals surface area contributed by atoms with Gasteiger partial charge in [0.1, 0.15) is 6.61 Å². The Labute approximate surface area is 161 Å². The molecular formula is C19H34N2O6. The third-order valence-corrected chi connectivity index (χ3v) is 3.73. The Morgan fingerprint density at radius 2 is 1.48 bits per heavy atom. The van der Waals surface area contributed by atoms with Crippen LogP contribution in [0.25, 0.3) is 0 Å². The van der Waals surface area contributed by atoms with E-state index in [2.05, 4.69) is 31.4 Å². The summed E-state index contributed by atoms with van der Waals surface area (Å²) in [5, 5.41) is 5.41. The summed E-state index contributed by atoms with van der Waals surface area (Å²) >= 11 is 0. The van der Waals surface area contributed by atoms with Gasteiger partial charge in [-0.05, 0) is 11.8 Å². The minimum atomic E-state index is -1.14. The second-order valence-electron chi connectivity index (χ2n) is 8.46. The molecule has 0 rings (SSSR count). The zero-order chi connectivity index (χ0) is 21.3. The van der Waals surface area contributed by atoms with Gasteiger partial charge in [0, 0.05) is 38.8 Å². The molecule has 0 aromatic heterocycles. The number of ether oxygens (including phenoxy) is 2. The lowest BCUT2D eigenvalue weighted by Crippen LogP contribution is -2.49. The molecule has 0 aromatic rings. The van der Waals surface area contributed by atoms with Crippen LogP contribution < -0.4 is 10.6 Å². The van der Waals surface area contributed by atoms with E-state index in [4.69, 9.17) is 9.47 Å². The maximum atomic E-state index is 12.4. The zero-order valence-corrected chi connectivity index (χ0v) is 17.6. The summed E-state index contributed by atoms with van der Waals surface area (Å²) in [7, 11) is 0. The lowest BCUT2D eigenvalue weighted by atomic mass is 9.86. The molecular weight excluding hydrogens is 352 g/mol. The smallest absolute Gasteiger partial charge is 0.303 e. The van der Waals surface area contributed by atoms with E-state index >= 15 is 0 Å². The summed E-state index contributed by atoms with van der Waals surface area (Å²) in [6.07, 6.45) is -0.171. The summed E-state index contributed by atoms with van der Waals surface area (Å²) in [4.78, 5) is 46.6. The molecule has 8 heteroatoms. The Morgan fingerprint density at radius 3 is 1.96 bits per heavy atom. The van der Waals surface area contributed by atoms with Crippen molar-refractivity contribution >= 4 is 23.8 Å². The van der Waals surface area contributed by atoms with Gasteiger partial charge in [0.15, 0.2) is 6.10 Å². The molecule has 0 saturated carbocycles. The van der Waals surface area contributed by atoms with Crippen LogP contribution in [0.3, 0.4) is 0 Å². The van der Waals surface area contributed by atoms with Crippen molar-refractivity contribution < 1.29 is 28.7 Å². The van der Waals surface area contributed by atoms with Gasteiger partial charge in [0.05, 0.1) is 0 Å². The predicted octanol–water partition coefficient (Wildman–Crippen LogP) is 1.57. The van der Waals surface area contributed by atoms with Gasteiger partial charge in [-0.25, -0.2) is 0 Å². The highest BCUT2D eigenvalue weighted by Gasteiger charge is 2.39. The number of carbonyl (C=O) groups is 4. The van der Waals surface area contributed by atoms with Crippen LogP contribution in [0.1, 0.15) is 61.3 Å². The number of rotatable bonds is 10. The molecule has 0 aliphatic rings. The molecule has 2 amide bonds. The summed E-state index contributed by atoms with van der Waals surface area (Å²) < 4.78 is 10.1. The van der Waals surface area contributed by atoms with E-state index in [1.807, 2.05) is 0 Å². The molecule has 156 valence electrons. The van der Waals surface area contributed by atoms with E-state index in [0.717, 1.165) is 6.42 Å². The molecule has 0 saturated heterocycles. The number of esters is 2. The van der Waals surface area contributed by atoms with Crippen molar-refractivity contribution in [1.29, 1.82) is 0 Å². The number of amides is 2. The summed E-state index contributed by atoms with van der Waals surface area (Å²) in [6, 6.07) is 0. The van der Waals surface area contributed by atoms with Crippen molar-refractivity contribution in [3.8, 4) is 0 Å². The molecule has 0 aliphatic carbocycles. The van der Waals surface area contributed by atoms with E-state index in [1.54, 1.807) is 13.8 Å². The molecule has 1 unspecified atom stereocenters. The maximum absolute atomic E-state index is 12.4. The SMILES string of the molecule is CC(=O)OCC(C)(C)C(OC(C)=O)C(=O)NCCC(=O)NCCC(C)(C)C. The fourth-order valence-electron chi connectivity index (χ4n) is 2.15. The van der Waals surface area contributed by atoms with Crippen LogP contribution in [0.15, 0.2) is 0 Å². The number of carbonyl (C=O) groups excluding carboxylic acids is 4. The summed E-state index contributed by atoms with van der Waals surface area (Å²) in [5.41, 5.74) is -0.789. The second kappa shape index (κ2) is 10.9. The van der Waals surface area contributed by atoms with Crippen LogP contribution in [0.4, 0.5) is 0 Å². The van der Waals surface area contributed by atoms with Gasteiger partial charge < -0.3 is 20.1 Å². The highest BCUT2D eigenvalue weighted by molar-refractivity contribution is 5.85. The summed E-state index contributed by atoms with van der Waals surface area (Å²) in [5.74, 6) is -1.81. The Morgan fingerprint density at radius 1 is 0.889 bits per heavy atom. The molecule has 1 atom stereocenters. The zero-order valence-electron chi connectivity index (χ0n) is 17.6. The maximum Gasteiger partial charge on any atom is 0.303 e. The highest BCUT2D eigenvalue weighted by Crippen LogP contribution is 2.24. The van der Waals surface area contributed by atoms with E-state index in [1.165, 1.54) is 13.8 Å². The Balaban J connectivity index is 4.58. The van der Waals surface area contributed by atoms with Crippen molar-refractivity contribution in [2.45, 2.75) is 67.4 Å². The van der Waals surface area contributed by atoms with Gasteiger partial charge in [-0.15, -0.1) is 0 Å². The Hall–Kier alpha value is -2.12. The van der Waals surface area contributed by atoms with Gasteiger partial charge in [-0.1, -0.05) is 34.6 Å². The first-order chi connectivity index (χ1) is 12.2. The fraction of sp³-hybridized carbons (Fsp3) is 0.789. The first-order valence-corrected chi connectivity index (χ1v) is 9.09. The minimum Gasteiger partial charge on any atom is -0.465 e. The molecule has 27 heavy (non-hydrogen) atoms. The van der Waals surface area contributed by atoms with Gasteiger partial charge in [0.2, 0.25) is 5.91 Å². The van der Waals surface area contributed by atoms with Gasteiger partial charge in [-0.2, -0.15) is 0 Å². The standard InChI is InChI=1S/C19H34N2O6/c1-13(22)26-12-19(6,7)16(27-14(2)23)17(25)21-10-8-15(24)20-11-9-18(3,4)5/h16H,8-12H2,1-7H3,(H,20,24)(H,21,25). The van der Waals surface area contributed by atoms with Crippen molar-refractivity contribution in [2.24, 2.45) is 10.8 Å². The lowest BCUT2D eigenvalue weighted by Gasteiger charge is -2.31. The van der Waals surface area contributed by atoms with Gasteiger partial charge >= 0.3 is 11.9 Å². The molecule has 8 nitrogen and oxygen atoms in total. The first-order valence-electron chi connectivity index (χ1n) is 9.09. The molecule has 0 aromatic carbocycles. The number of hydrogen-bond donors (Lipinski definition) is 2. The molecule has 2 N–H and O–H groups in total. The number of hydrogen-bond acceptors (Lipinski definition) is 6. The lowest BCUT2D eigenvalue weighted by molar-refractivity contribution is -0.166. The summed E-state index contributed by atoms with van der Waals surface area (Å²) in [6.45, 7) is 12.6. The highest BCUT2D eigenvalue weighted by atomic mass is 16.6. The minimum absolute atomic E-state index is 0.0824. The fourth-order valence-corrected chi connectivity index (χ4v) is 2.15. The molecule has 0 bridgehead atoms. The largest absolute Gasteiger partial charge is 0.465 e. The van der Waals surface area contributed by atoms with E-state index < -0.39 is 29.4 Å². The van der Waals surface area contributed by atoms with Crippen molar-refractivity contribution in [1.82, 2.24) is 10.6 Å². The average molecular weight is 386 g/mol. The predicted molar refractivity (Wildman–Crippen MR) is 101 cm³/mol. The van der Waals surface area contributed by atoms with E-state index in [0.29, 0.717) is 6.54 Å². The quantitative estimate of drug-likeness (QED) is 0.551. The van der Waals surface area contributed by atoms with Crippen LogP contribution in [0.2, 0.25) is 0 Å². The monoisotopic (exact) mass is 386 g/mol. The van der Waals surface area contributed by atoms with Crippen molar-refractivity contribution in [3.63, 3.8) is 0 Å². The van der Waals surface area contributed by atoms with Crippen LogP contribution in [-0.2, 0) is 28.7 Å². The number of nitrogens with one attached hydrogen (secondary N) is 2. The average Bonchev–Trinajstić information content (AvgIpc) is 2.49. The Bertz CT molecular complexity index is 537. The first kappa shape index (κ1) is 24.9. The normalized spacial score (nSPS) is 12.7. The van der Waals surface area contributed by atoms with Crippen LogP contribution in [-0.4, -0.2) is 49.6 Å². The van der Waals surface area contributed by atoms with E-state index in [-0.39, 0.29) is 30.9 Å². The van der Waals surface area contributed by atoms with Crippen molar-refractivity contribution in [3.05, 3.63) is 0 Å². The second-order valence-corrected chi connectivity index (χ2v) is 8.46. The van der Waals surface area contributed by atoms with Crippen LogP contribution in [0, 0.1) is 10.8 Å². The Kier molecular flexibility index (Phi) is 10.0. The third-order valence-electron chi connectivity index (χ3n) is 3.73. The molecule has 0 heterocycles. The van der Waals surface area contributed by atoms with Crippen molar-refractivity contribution in [2.75, 3.05) is 19.7 Å². The van der Waals surface area contributed by atoms with E-state index in [9.17, 15) is 19.2 Å².